The number of hydrogen-bond acceptors (Lipinski definition) is 5. The molecule has 192 valence electrons. The lowest BCUT2D eigenvalue weighted by Crippen LogP contribution is -2.39. The molecule has 0 spiro atoms. The Balaban J connectivity index is 1.68. The maximum atomic E-state index is 13.4. The van der Waals surface area contributed by atoms with Crippen molar-refractivity contribution in [1.29, 1.82) is 0 Å². The molecule has 2 heterocycles. The fourth-order valence-electron chi connectivity index (χ4n) is 4.39. The van der Waals surface area contributed by atoms with Crippen LogP contribution in [0, 0.1) is 11.7 Å². The molecule has 0 unspecified atom stereocenters. The van der Waals surface area contributed by atoms with Crippen molar-refractivity contribution in [3.8, 4) is 0 Å². The largest absolute Gasteiger partial charge is 0.376 e. The first-order valence-corrected chi connectivity index (χ1v) is 13.8. The van der Waals surface area contributed by atoms with E-state index in [-0.39, 0.29) is 41.9 Å². The summed E-state index contributed by atoms with van der Waals surface area (Å²) in [6.45, 7) is 5.35. The van der Waals surface area contributed by atoms with E-state index in [0.717, 1.165) is 18.4 Å². The summed E-state index contributed by atoms with van der Waals surface area (Å²) in [5, 5.41) is -0.0697. The highest BCUT2D eigenvalue weighted by Crippen LogP contribution is 2.22. The highest BCUT2D eigenvalue weighted by atomic mass is 32.2. The fraction of sp³-hybridized carbons (Fsp3) is 0.407. The van der Waals surface area contributed by atoms with Crippen molar-refractivity contribution in [2.75, 3.05) is 13.2 Å². The van der Waals surface area contributed by atoms with Gasteiger partial charge in [-0.05, 0) is 36.1 Å². The Hall–Kier alpha value is -3.04. The van der Waals surface area contributed by atoms with E-state index >= 15 is 0 Å². The van der Waals surface area contributed by atoms with Gasteiger partial charge in [0, 0.05) is 19.1 Å². The van der Waals surface area contributed by atoms with Gasteiger partial charge in [-0.25, -0.2) is 17.8 Å². The van der Waals surface area contributed by atoms with Crippen molar-refractivity contribution in [3.63, 3.8) is 0 Å². The predicted octanol–water partition coefficient (Wildman–Crippen LogP) is 4.21. The highest BCUT2D eigenvalue weighted by molar-refractivity contribution is 7.90. The van der Waals surface area contributed by atoms with Crippen molar-refractivity contribution in [2.24, 2.45) is 5.92 Å². The minimum absolute atomic E-state index is 0.0197. The lowest BCUT2D eigenvalue weighted by atomic mass is 10.1. The third-order valence-electron chi connectivity index (χ3n) is 6.24. The van der Waals surface area contributed by atoms with Gasteiger partial charge >= 0.3 is 0 Å². The van der Waals surface area contributed by atoms with Crippen LogP contribution < -0.4 is 0 Å². The van der Waals surface area contributed by atoms with Crippen molar-refractivity contribution in [2.45, 2.75) is 56.8 Å². The SMILES string of the molecule is CC(C)C(=O)N(Cc1cnc(S(=O)(=O)Cc2ccc(F)cc2)n1Cc1ccccc1)C[C@H]1CCCO1. The molecule has 9 heteroatoms. The standard InChI is InChI=1S/C27H32FN3O4S/c1-20(2)26(32)30(18-25-9-6-14-35-25)17-24-15-29-27(31(24)16-21-7-4-3-5-8-21)36(33,34)19-22-10-12-23(28)13-11-22/h3-5,7-8,10-13,15,20,25H,6,9,14,16-19H2,1-2H3/t25-/m1/s1. The number of rotatable bonds is 10. The molecule has 1 aliphatic heterocycles. The topological polar surface area (TPSA) is 81.5 Å². The first-order valence-electron chi connectivity index (χ1n) is 12.2. The third kappa shape index (κ3) is 6.39. The molecule has 1 amide bonds. The molecular formula is C27H32FN3O4S. The van der Waals surface area contributed by atoms with E-state index in [2.05, 4.69) is 4.98 Å². The van der Waals surface area contributed by atoms with Crippen molar-refractivity contribution >= 4 is 15.7 Å². The number of benzene rings is 2. The van der Waals surface area contributed by atoms with E-state index in [1.165, 1.54) is 30.5 Å². The monoisotopic (exact) mass is 513 g/mol. The Morgan fingerprint density at radius 1 is 1.14 bits per heavy atom. The van der Waals surface area contributed by atoms with Crippen LogP contribution in [0.2, 0.25) is 0 Å². The van der Waals surface area contributed by atoms with Gasteiger partial charge < -0.3 is 14.2 Å². The number of sulfone groups is 1. The number of carbonyl (C=O) groups excluding carboxylic acids is 1. The zero-order valence-corrected chi connectivity index (χ0v) is 21.5. The number of carbonyl (C=O) groups is 1. The zero-order valence-electron chi connectivity index (χ0n) is 20.6. The van der Waals surface area contributed by atoms with Crippen LogP contribution in [0.5, 0.6) is 0 Å². The number of hydrogen-bond donors (Lipinski definition) is 0. The molecule has 2 aromatic carbocycles. The van der Waals surface area contributed by atoms with Crippen LogP contribution in [0.15, 0.2) is 66.0 Å². The fourth-order valence-corrected chi connectivity index (χ4v) is 5.88. The van der Waals surface area contributed by atoms with E-state index in [1.54, 1.807) is 9.47 Å². The van der Waals surface area contributed by atoms with E-state index < -0.39 is 15.7 Å². The third-order valence-corrected chi connectivity index (χ3v) is 7.84. The molecule has 0 radical (unpaired) electrons. The van der Waals surface area contributed by atoms with Gasteiger partial charge in [-0.2, -0.15) is 0 Å². The first kappa shape index (κ1) is 26.0. The lowest BCUT2D eigenvalue weighted by molar-refractivity contribution is -0.136. The number of nitrogens with zero attached hydrogens (tertiary/aromatic N) is 3. The molecule has 4 rings (SSSR count). The minimum Gasteiger partial charge on any atom is -0.376 e. The average molecular weight is 514 g/mol. The molecule has 1 atom stereocenters. The number of aromatic nitrogens is 2. The summed E-state index contributed by atoms with van der Waals surface area (Å²) in [4.78, 5) is 19.1. The normalized spacial score (nSPS) is 15.9. The van der Waals surface area contributed by atoms with Crippen LogP contribution in [-0.4, -0.2) is 48.0 Å². The van der Waals surface area contributed by atoms with Gasteiger partial charge in [0.2, 0.25) is 20.9 Å². The van der Waals surface area contributed by atoms with Crippen molar-refractivity contribution in [1.82, 2.24) is 14.5 Å². The number of amides is 1. The average Bonchev–Trinajstić information content (AvgIpc) is 3.51. The van der Waals surface area contributed by atoms with E-state index in [1.807, 2.05) is 44.2 Å². The molecule has 1 aromatic heterocycles. The summed E-state index contributed by atoms with van der Waals surface area (Å²) in [6.07, 6.45) is 3.37. The molecule has 7 nitrogen and oxygen atoms in total. The molecule has 0 saturated carbocycles. The van der Waals surface area contributed by atoms with Gasteiger partial charge in [0.15, 0.2) is 0 Å². The summed E-state index contributed by atoms with van der Waals surface area (Å²) in [5.74, 6) is -0.958. The van der Waals surface area contributed by atoms with Crippen LogP contribution in [-0.2, 0) is 38.2 Å². The van der Waals surface area contributed by atoms with Gasteiger partial charge in [-0.3, -0.25) is 4.79 Å². The molecule has 0 aliphatic carbocycles. The van der Waals surface area contributed by atoms with Gasteiger partial charge in [-0.15, -0.1) is 0 Å². The Bertz CT molecular complexity index is 1270. The van der Waals surface area contributed by atoms with E-state index in [9.17, 15) is 17.6 Å². The summed E-state index contributed by atoms with van der Waals surface area (Å²) < 4.78 is 47.7. The van der Waals surface area contributed by atoms with Gasteiger partial charge in [-0.1, -0.05) is 56.3 Å². The summed E-state index contributed by atoms with van der Waals surface area (Å²) in [5.41, 5.74) is 2.02. The smallest absolute Gasteiger partial charge is 0.228 e. The second-order valence-electron chi connectivity index (χ2n) is 9.50. The Labute approximate surface area is 211 Å². The van der Waals surface area contributed by atoms with Crippen molar-refractivity contribution in [3.05, 3.63) is 83.4 Å². The van der Waals surface area contributed by atoms with Crippen LogP contribution in [0.4, 0.5) is 4.39 Å². The van der Waals surface area contributed by atoms with Crippen LogP contribution in [0.1, 0.15) is 43.5 Å². The molecule has 1 saturated heterocycles. The van der Waals surface area contributed by atoms with Gasteiger partial charge in [0.25, 0.3) is 0 Å². The summed E-state index contributed by atoms with van der Waals surface area (Å²) >= 11 is 0. The number of halogens is 1. The summed E-state index contributed by atoms with van der Waals surface area (Å²) in [6, 6.07) is 14.9. The molecule has 1 aliphatic rings. The van der Waals surface area contributed by atoms with Gasteiger partial charge in [0.1, 0.15) is 5.82 Å². The maximum Gasteiger partial charge on any atom is 0.228 e. The zero-order chi connectivity index (χ0) is 25.7. The lowest BCUT2D eigenvalue weighted by Gasteiger charge is -2.27. The molecule has 0 bridgehead atoms. The molecule has 1 fully saturated rings. The van der Waals surface area contributed by atoms with Crippen LogP contribution in [0.3, 0.4) is 0 Å². The van der Waals surface area contributed by atoms with Crippen LogP contribution >= 0.6 is 0 Å². The Morgan fingerprint density at radius 2 is 1.86 bits per heavy atom. The Kier molecular flexibility index (Phi) is 8.21. The highest BCUT2D eigenvalue weighted by Gasteiger charge is 2.28. The molecule has 3 aromatic rings. The molecular weight excluding hydrogens is 481 g/mol. The predicted molar refractivity (Wildman–Crippen MR) is 134 cm³/mol. The van der Waals surface area contributed by atoms with Crippen LogP contribution in [0.25, 0.3) is 0 Å². The second kappa shape index (κ2) is 11.3. The summed E-state index contributed by atoms with van der Waals surface area (Å²) in [7, 11) is -3.85. The maximum absolute atomic E-state index is 13.4. The number of imidazole rings is 1. The Morgan fingerprint density at radius 3 is 2.50 bits per heavy atom. The minimum atomic E-state index is -3.85. The van der Waals surface area contributed by atoms with Gasteiger partial charge in [0.05, 0.1) is 36.8 Å². The first-order chi connectivity index (χ1) is 17.2. The van der Waals surface area contributed by atoms with Crippen molar-refractivity contribution < 1.29 is 22.3 Å². The number of ether oxygens (including phenoxy) is 1. The molecule has 0 N–H and O–H groups in total. The second-order valence-corrected chi connectivity index (χ2v) is 11.4. The quantitative estimate of drug-likeness (QED) is 0.406. The van der Waals surface area contributed by atoms with E-state index in [0.29, 0.717) is 24.4 Å². The van der Waals surface area contributed by atoms with E-state index in [4.69, 9.17) is 4.74 Å². The molecule has 36 heavy (non-hydrogen) atoms.